The van der Waals surface area contributed by atoms with Gasteiger partial charge in [-0.05, 0) is 56.8 Å². The Kier molecular flexibility index (Phi) is 6.21. The minimum Gasteiger partial charge on any atom is -0.444 e. The van der Waals surface area contributed by atoms with Gasteiger partial charge in [0.1, 0.15) is 11.7 Å². The average molecular weight is 336 g/mol. The molecule has 1 heterocycles. The number of ether oxygens (including phenoxy) is 1. The molecule has 6 heteroatoms. The highest BCUT2D eigenvalue weighted by Gasteiger charge is 2.21. The maximum absolute atomic E-state index is 11.6. The fourth-order valence-corrected chi connectivity index (χ4v) is 2.70. The summed E-state index contributed by atoms with van der Waals surface area (Å²) in [4.78, 5) is 11.6. The predicted octanol–water partition coefficient (Wildman–Crippen LogP) is 1.64. The molecule has 0 saturated heterocycles. The maximum atomic E-state index is 11.6. The van der Waals surface area contributed by atoms with Crippen molar-refractivity contribution < 1.29 is 19.7 Å². The zero-order chi connectivity index (χ0) is 17.7. The van der Waals surface area contributed by atoms with E-state index in [0.29, 0.717) is 5.56 Å². The van der Waals surface area contributed by atoms with E-state index in [9.17, 15) is 15.0 Å². The zero-order valence-electron chi connectivity index (χ0n) is 14.6. The zero-order valence-corrected chi connectivity index (χ0v) is 14.6. The number of hydrogen-bond acceptors (Lipinski definition) is 5. The van der Waals surface area contributed by atoms with Crippen LogP contribution in [0.15, 0.2) is 18.2 Å². The van der Waals surface area contributed by atoms with Crippen molar-refractivity contribution >= 4 is 6.09 Å². The summed E-state index contributed by atoms with van der Waals surface area (Å²) in [6, 6.07) is 5.82. The number of carbonyl (C=O) groups is 1. The number of alkyl carbamates (subject to hydrolysis) is 1. The molecule has 4 N–H and O–H groups in total. The van der Waals surface area contributed by atoms with Crippen LogP contribution in [0.5, 0.6) is 0 Å². The molecule has 0 fully saturated rings. The van der Waals surface area contributed by atoms with Crippen LogP contribution in [0, 0.1) is 0 Å². The number of nitrogens with one attached hydrogen (secondary N) is 2. The van der Waals surface area contributed by atoms with Crippen molar-refractivity contribution in [2.24, 2.45) is 0 Å². The molecule has 2 rings (SSSR count). The Hall–Kier alpha value is -1.63. The molecule has 1 aliphatic heterocycles. The van der Waals surface area contributed by atoms with Gasteiger partial charge < -0.3 is 25.6 Å². The minimum atomic E-state index is -0.974. The molecule has 1 amide bonds. The van der Waals surface area contributed by atoms with Crippen molar-refractivity contribution in [1.29, 1.82) is 0 Å². The number of fused-ring (bicyclic) bond motifs is 1. The molecule has 24 heavy (non-hydrogen) atoms. The molecule has 0 bridgehead atoms. The van der Waals surface area contributed by atoms with Crippen molar-refractivity contribution in [3.05, 3.63) is 34.9 Å². The molecule has 0 aliphatic carbocycles. The summed E-state index contributed by atoms with van der Waals surface area (Å²) in [5.41, 5.74) is 2.59. The van der Waals surface area contributed by atoms with E-state index in [1.807, 2.05) is 18.2 Å². The molecule has 1 aliphatic rings. The molecule has 1 aromatic rings. The van der Waals surface area contributed by atoms with Gasteiger partial charge in [0, 0.05) is 13.1 Å². The highest BCUT2D eigenvalue weighted by Crippen LogP contribution is 2.23. The number of aliphatic hydroxyl groups excluding tert-OH is 2. The Bertz CT molecular complexity index is 569. The third-order valence-corrected chi connectivity index (χ3v) is 3.93. The number of amides is 1. The number of aliphatic hydroxyl groups is 2. The number of hydrogen-bond donors (Lipinski definition) is 4. The van der Waals surface area contributed by atoms with E-state index >= 15 is 0 Å². The Labute approximate surface area is 143 Å². The summed E-state index contributed by atoms with van der Waals surface area (Å²) in [6.45, 7) is 7.35. The van der Waals surface area contributed by atoms with Gasteiger partial charge >= 0.3 is 6.09 Å². The summed E-state index contributed by atoms with van der Waals surface area (Å²) in [5, 5.41) is 26.4. The molecule has 1 aromatic carbocycles. The van der Waals surface area contributed by atoms with E-state index in [4.69, 9.17) is 4.74 Å². The lowest BCUT2D eigenvalue weighted by Crippen LogP contribution is -2.34. The number of benzene rings is 1. The first-order chi connectivity index (χ1) is 11.3. The largest absolute Gasteiger partial charge is 0.444 e. The van der Waals surface area contributed by atoms with E-state index < -0.39 is 23.9 Å². The second-order valence-electron chi connectivity index (χ2n) is 7.18. The summed E-state index contributed by atoms with van der Waals surface area (Å²) >= 11 is 0. The van der Waals surface area contributed by atoms with Gasteiger partial charge in [-0.1, -0.05) is 18.2 Å². The molecule has 134 valence electrons. The van der Waals surface area contributed by atoms with Gasteiger partial charge in [0.15, 0.2) is 0 Å². The summed E-state index contributed by atoms with van der Waals surface area (Å²) < 4.78 is 5.13. The fourth-order valence-electron chi connectivity index (χ4n) is 2.70. The Morgan fingerprint density at radius 1 is 1.33 bits per heavy atom. The molecule has 0 radical (unpaired) electrons. The van der Waals surface area contributed by atoms with E-state index in [-0.39, 0.29) is 13.0 Å². The molecule has 6 nitrogen and oxygen atoms in total. The van der Waals surface area contributed by atoms with Crippen LogP contribution in [0.3, 0.4) is 0 Å². The molecule has 2 unspecified atom stereocenters. The van der Waals surface area contributed by atoms with Crippen molar-refractivity contribution in [3.8, 4) is 0 Å². The standard InChI is InChI=1S/C18H28N2O4/c1-18(2,3)24-17(23)20-9-7-15(21)16(22)13-5-4-12-6-8-19-11-14(12)10-13/h4-5,10,15-16,19,21-22H,6-9,11H2,1-3H3,(H,20,23). The van der Waals surface area contributed by atoms with E-state index in [1.165, 1.54) is 5.56 Å². The van der Waals surface area contributed by atoms with Gasteiger partial charge in [0.2, 0.25) is 0 Å². The van der Waals surface area contributed by atoms with Crippen molar-refractivity contribution in [1.82, 2.24) is 10.6 Å². The first-order valence-corrected chi connectivity index (χ1v) is 8.41. The summed E-state index contributed by atoms with van der Waals surface area (Å²) in [5.74, 6) is 0. The van der Waals surface area contributed by atoms with E-state index in [1.54, 1.807) is 20.8 Å². The van der Waals surface area contributed by atoms with Crippen LogP contribution in [0.2, 0.25) is 0 Å². The quantitative estimate of drug-likeness (QED) is 0.656. The Morgan fingerprint density at radius 3 is 2.79 bits per heavy atom. The first kappa shape index (κ1) is 18.7. The smallest absolute Gasteiger partial charge is 0.407 e. The predicted molar refractivity (Wildman–Crippen MR) is 91.7 cm³/mol. The molecule has 2 atom stereocenters. The third kappa shape index (κ3) is 5.47. The lowest BCUT2D eigenvalue weighted by Gasteiger charge is -2.23. The van der Waals surface area contributed by atoms with E-state index in [2.05, 4.69) is 10.6 Å². The second kappa shape index (κ2) is 7.96. The molecular formula is C18H28N2O4. The van der Waals surface area contributed by atoms with E-state index in [0.717, 1.165) is 25.1 Å². The van der Waals surface area contributed by atoms with Gasteiger partial charge in [0.25, 0.3) is 0 Å². The SMILES string of the molecule is CC(C)(C)OC(=O)NCCC(O)C(O)c1ccc2c(c1)CNCC2. The first-order valence-electron chi connectivity index (χ1n) is 8.41. The molecule has 0 aromatic heterocycles. The normalized spacial score (nSPS) is 16.9. The van der Waals surface area contributed by atoms with Gasteiger partial charge in [-0.15, -0.1) is 0 Å². The van der Waals surface area contributed by atoms with Crippen molar-refractivity contribution in [2.75, 3.05) is 13.1 Å². The molecule has 0 spiro atoms. The number of carbonyl (C=O) groups excluding carboxylic acids is 1. The monoisotopic (exact) mass is 336 g/mol. The summed E-state index contributed by atoms with van der Waals surface area (Å²) in [6.07, 6.45) is -1.22. The van der Waals surface area contributed by atoms with Crippen LogP contribution >= 0.6 is 0 Å². The lowest BCUT2D eigenvalue weighted by atomic mass is 9.94. The third-order valence-electron chi connectivity index (χ3n) is 3.93. The van der Waals surface area contributed by atoms with Crippen molar-refractivity contribution in [3.63, 3.8) is 0 Å². The minimum absolute atomic E-state index is 0.236. The Morgan fingerprint density at radius 2 is 2.08 bits per heavy atom. The highest BCUT2D eigenvalue weighted by atomic mass is 16.6. The van der Waals surface area contributed by atoms with Gasteiger partial charge in [-0.25, -0.2) is 4.79 Å². The van der Waals surface area contributed by atoms with Crippen LogP contribution in [-0.4, -0.2) is 41.1 Å². The lowest BCUT2D eigenvalue weighted by molar-refractivity contribution is 0.0122. The molecule has 0 saturated carbocycles. The topological polar surface area (TPSA) is 90.8 Å². The van der Waals surface area contributed by atoms with Crippen LogP contribution in [-0.2, 0) is 17.7 Å². The van der Waals surface area contributed by atoms with Crippen molar-refractivity contribution in [2.45, 2.75) is 58.0 Å². The second-order valence-corrected chi connectivity index (χ2v) is 7.18. The van der Waals surface area contributed by atoms with Gasteiger partial charge in [-0.3, -0.25) is 0 Å². The maximum Gasteiger partial charge on any atom is 0.407 e. The average Bonchev–Trinajstić information content (AvgIpc) is 2.51. The Balaban J connectivity index is 1.84. The molecular weight excluding hydrogens is 308 g/mol. The fraction of sp³-hybridized carbons (Fsp3) is 0.611. The highest BCUT2D eigenvalue weighted by molar-refractivity contribution is 5.67. The van der Waals surface area contributed by atoms with Crippen LogP contribution in [0.4, 0.5) is 4.79 Å². The van der Waals surface area contributed by atoms with Crippen LogP contribution in [0.1, 0.15) is 50.0 Å². The van der Waals surface area contributed by atoms with Gasteiger partial charge in [0.05, 0.1) is 6.10 Å². The summed E-state index contributed by atoms with van der Waals surface area (Å²) in [7, 11) is 0. The number of rotatable bonds is 5. The van der Waals surface area contributed by atoms with Gasteiger partial charge in [-0.2, -0.15) is 0 Å². The van der Waals surface area contributed by atoms with Crippen LogP contribution in [0.25, 0.3) is 0 Å². The van der Waals surface area contributed by atoms with Crippen LogP contribution < -0.4 is 10.6 Å².